The van der Waals surface area contributed by atoms with Crippen molar-refractivity contribution in [1.82, 2.24) is 14.9 Å². The predicted octanol–water partition coefficient (Wildman–Crippen LogP) is 2.79. The molecule has 0 fully saturated rings. The molecule has 3 aromatic rings. The Bertz CT molecular complexity index is 668. The molecular formula is C14H13N3O3. The van der Waals surface area contributed by atoms with Crippen molar-refractivity contribution in [2.75, 3.05) is 0 Å². The summed E-state index contributed by atoms with van der Waals surface area (Å²) in [5.41, 5.74) is 0.330. The lowest BCUT2D eigenvalue weighted by atomic mass is 10.1. The smallest absolute Gasteiger partial charge is 0.202 e. The third kappa shape index (κ3) is 2.69. The Morgan fingerprint density at radius 3 is 3.00 bits per heavy atom. The topological polar surface area (TPSA) is 74.1 Å². The third-order valence-electron chi connectivity index (χ3n) is 2.91. The van der Waals surface area contributed by atoms with Gasteiger partial charge >= 0.3 is 0 Å². The Hall–Kier alpha value is -2.63. The molecule has 0 aliphatic rings. The Morgan fingerprint density at radius 1 is 1.30 bits per heavy atom. The number of nitrogens with zero attached hydrogens (tertiary/aromatic N) is 3. The van der Waals surface area contributed by atoms with Crippen LogP contribution in [0.25, 0.3) is 11.5 Å². The fraction of sp³-hybridized carbons (Fsp3) is 0.214. The van der Waals surface area contributed by atoms with Crippen molar-refractivity contribution in [2.45, 2.75) is 19.4 Å². The van der Waals surface area contributed by atoms with E-state index in [4.69, 9.17) is 8.94 Å². The normalized spacial score (nSPS) is 10.8. The summed E-state index contributed by atoms with van der Waals surface area (Å²) in [6.45, 7) is 0.710. The fourth-order valence-electron chi connectivity index (χ4n) is 1.90. The highest BCUT2D eigenvalue weighted by Gasteiger charge is 2.14. The summed E-state index contributed by atoms with van der Waals surface area (Å²) >= 11 is 0. The van der Waals surface area contributed by atoms with Crippen molar-refractivity contribution in [1.29, 1.82) is 0 Å². The van der Waals surface area contributed by atoms with Crippen molar-refractivity contribution in [3.8, 4) is 11.5 Å². The van der Waals surface area contributed by atoms with Gasteiger partial charge in [-0.15, -0.1) is 0 Å². The molecule has 0 aliphatic carbocycles. The Labute approximate surface area is 115 Å². The standard InChI is InChI=1S/C14H13N3O3/c18-12(4-1-7-17-8-3-6-15-17)11-10-14(20-16-11)13-5-2-9-19-13/h2-3,5-6,8-10H,1,4,7H2. The van der Waals surface area contributed by atoms with Crippen LogP contribution in [0.3, 0.4) is 0 Å². The number of aromatic nitrogens is 3. The van der Waals surface area contributed by atoms with Gasteiger partial charge in [0.05, 0.1) is 6.26 Å². The van der Waals surface area contributed by atoms with Crippen LogP contribution >= 0.6 is 0 Å². The minimum absolute atomic E-state index is 0.0429. The molecule has 0 amide bonds. The zero-order valence-electron chi connectivity index (χ0n) is 10.7. The number of carbonyl (C=O) groups excluding carboxylic acids is 1. The van der Waals surface area contributed by atoms with E-state index in [-0.39, 0.29) is 5.78 Å². The molecule has 6 heteroatoms. The number of rotatable bonds is 6. The SMILES string of the molecule is O=C(CCCn1cccn1)c1cc(-c2ccco2)on1. The highest BCUT2D eigenvalue weighted by atomic mass is 16.5. The Balaban J connectivity index is 1.57. The van der Waals surface area contributed by atoms with E-state index in [1.54, 1.807) is 35.3 Å². The van der Waals surface area contributed by atoms with Gasteiger partial charge in [-0.25, -0.2) is 0 Å². The van der Waals surface area contributed by atoms with E-state index in [1.165, 1.54) is 0 Å². The monoisotopic (exact) mass is 271 g/mol. The second kappa shape index (κ2) is 5.56. The van der Waals surface area contributed by atoms with Crippen LogP contribution in [0.15, 0.2) is 51.9 Å². The molecule has 0 saturated carbocycles. The molecule has 6 nitrogen and oxygen atoms in total. The number of aryl methyl sites for hydroxylation is 1. The van der Waals surface area contributed by atoms with Crippen molar-refractivity contribution < 1.29 is 13.7 Å². The summed E-state index contributed by atoms with van der Waals surface area (Å²) in [6, 6.07) is 6.97. The number of hydrogen-bond donors (Lipinski definition) is 0. The number of ketones is 1. The van der Waals surface area contributed by atoms with Gasteiger partial charge in [0, 0.05) is 31.4 Å². The van der Waals surface area contributed by atoms with Crippen LogP contribution in [0.5, 0.6) is 0 Å². The average molecular weight is 271 g/mol. The van der Waals surface area contributed by atoms with Crippen molar-refractivity contribution in [3.63, 3.8) is 0 Å². The molecule has 102 valence electrons. The Kier molecular flexibility index (Phi) is 3.45. The van der Waals surface area contributed by atoms with Gasteiger partial charge in [-0.2, -0.15) is 5.10 Å². The van der Waals surface area contributed by atoms with Gasteiger partial charge in [-0.3, -0.25) is 9.48 Å². The van der Waals surface area contributed by atoms with Gasteiger partial charge in [0.15, 0.2) is 11.5 Å². The van der Waals surface area contributed by atoms with E-state index in [9.17, 15) is 4.79 Å². The lowest BCUT2D eigenvalue weighted by molar-refractivity contribution is 0.0969. The minimum Gasteiger partial charge on any atom is -0.461 e. The molecule has 0 aromatic carbocycles. The van der Waals surface area contributed by atoms with Crippen LogP contribution in [0, 0.1) is 0 Å². The molecule has 3 aromatic heterocycles. The van der Waals surface area contributed by atoms with Crippen molar-refractivity contribution in [3.05, 3.63) is 48.6 Å². The first-order chi connectivity index (χ1) is 9.83. The number of furan rings is 1. The van der Waals surface area contributed by atoms with Gasteiger partial charge in [0.2, 0.25) is 5.76 Å². The van der Waals surface area contributed by atoms with Crippen LogP contribution in [0.1, 0.15) is 23.3 Å². The summed E-state index contributed by atoms with van der Waals surface area (Å²) in [5.74, 6) is 0.984. The predicted molar refractivity (Wildman–Crippen MR) is 70.0 cm³/mol. The van der Waals surface area contributed by atoms with Crippen molar-refractivity contribution >= 4 is 5.78 Å². The third-order valence-corrected chi connectivity index (χ3v) is 2.91. The quantitative estimate of drug-likeness (QED) is 0.644. The molecule has 0 saturated heterocycles. The lowest BCUT2D eigenvalue weighted by Gasteiger charge is -1.99. The van der Waals surface area contributed by atoms with E-state index in [0.29, 0.717) is 36.6 Å². The average Bonchev–Trinajstić information content (AvgIpc) is 3.20. The van der Waals surface area contributed by atoms with Crippen LogP contribution in [-0.4, -0.2) is 20.7 Å². The van der Waals surface area contributed by atoms with Crippen molar-refractivity contribution in [2.24, 2.45) is 0 Å². The molecule has 20 heavy (non-hydrogen) atoms. The van der Waals surface area contributed by atoms with E-state index >= 15 is 0 Å². The summed E-state index contributed by atoms with van der Waals surface area (Å²) in [6.07, 6.45) is 6.25. The van der Waals surface area contributed by atoms with E-state index in [1.807, 2.05) is 12.3 Å². The summed E-state index contributed by atoms with van der Waals surface area (Å²) in [5, 5.41) is 7.86. The maximum absolute atomic E-state index is 12.0. The zero-order chi connectivity index (χ0) is 13.8. The maximum atomic E-state index is 12.0. The van der Waals surface area contributed by atoms with Crippen LogP contribution in [0.2, 0.25) is 0 Å². The summed E-state index contributed by atoms with van der Waals surface area (Å²) < 4.78 is 12.1. The van der Waals surface area contributed by atoms with Gasteiger partial charge in [0.1, 0.15) is 5.69 Å². The highest BCUT2D eigenvalue weighted by Crippen LogP contribution is 2.21. The van der Waals surface area contributed by atoms with Crippen LogP contribution in [-0.2, 0) is 6.54 Å². The molecule has 0 aliphatic heterocycles. The number of carbonyl (C=O) groups is 1. The molecule has 0 atom stereocenters. The van der Waals surface area contributed by atoms with E-state index in [2.05, 4.69) is 10.3 Å². The second-order valence-electron chi connectivity index (χ2n) is 4.35. The van der Waals surface area contributed by atoms with E-state index < -0.39 is 0 Å². The first-order valence-corrected chi connectivity index (χ1v) is 6.34. The van der Waals surface area contributed by atoms with Gasteiger partial charge in [0.25, 0.3) is 0 Å². The molecule has 0 bridgehead atoms. The molecule has 0 unspecified atom stereocenters. The number of Topliss-reactive ketones (excluding diaryl/α,β-unsaturated/α-hetero) is 1. The first kappa shape index (κ1) is 12.4. The van der Waals surface area contributed by atoms with Crippen LogP contribution in [0.4, 0.5) is 0 Å². The summed E-state index contributed by atoms with van der Waals surface area (Å²) in [7, 11) is 0. The summed E-state index contributed by atoms with van der Waals surface area (Å²) in [4.78, 5) is 12.0. The lowest BCUT2D eigenvalue weighted by Crippen LogP contribution is -2.04. The molecule has 0 spiro atoms. The maximum Gasteiger partial charge on any atom is 0.202 e. The van der Waals surface area contributed by atoms with Crippen LogP contribution < -0.4 is 0 Å². The molecular weight excluding hydrogens is 258 g/mol. The molecule has 0 N–H and O–H groups in total. The number of hydrogen-bond acceptors (Lipinski definition) is 5. The van der Waals surface area contributed by atoms with Gasteiger partial charge in [-0.1, -0.05) is 5.16 Å². The highest BCUT2D eigenvalue weighted by molar-refractivity contribution is 5.94. The minimum atomic E-state index is -0.0429. The van der Waals surface area contributed by atoms with Gasteiger partial charge in [-0.05, 0) is 24.6 Å². The molecule has 0 radical (unpaired) electrons. The second-order valence-corrected chi connectivity index (χ2v) is 4.35. The van der Waals surface area contributed by atoms with E-state index in [0.717, 1.165) is 0 Å². The molecule has 3 rings (SSSR count). The zero-order valence-corrected chi connectivity index (χ0v) is 10.7. The van der Waals surface area contributed by atoms with Gasteiger partial charge < -0.3 is 8.94 Å². The fourth-order valence-corrected chi connectivity index (χ4v) is 1.90. The first-order valence-electron chi connectivity index (χ1n) is 6.34. The molecule has 3 heterocycles. The largest absolute Gasteiger partial charge is 0.461 e. The Morgan fingerprint density at radius 2 is 2.25 bits per heavy atom.